The van der Waals surface area contributed by atoms with E-state index in [1.807, 2.05) is 33.2 Å². The van der Waals surface area contributed by atoms with Crippen molar-refractivity contribution in [3.8, 4) is 0 Å². The lowest BCUT2D eigenvalue weighted by atomic mass is 10.4. The van der Waals surface area contributed by atoms with Gasteiger partial charge in [-0.2, -0.15) is 0 Å². The standard InChI is InChI=1S/C9H18NO2.HI/c1-5-6-7-10(2,3)8-9(11)12-4;/h5-6H,7-8H2,1-4H3;1H/q+1;/p-1/b6-5+;. The fourth-order valence-corrected chi connectivity index (χ4v) is 0.869. The Bertz CT molecular complexity index is 178. The van der Waals surface area contributed by atoms with Crippen LogP contribution in [0.1, 0.15) is 6.92 Å². The summed E-state index contributed by atoms with van der Waals surface area (Å²) in [6.07, 6.45) is 4.03. The van der Waals surface area contributed by atoms with Crippen LogP contribution in [0.3, 0.4) is 0 Å². The highest BCUT2D eigenvalue weighted by molar-refractivity contribution is 5.70. The molecule has 78 valence electrons. The van der Waals surface area contributed by atoms with Crippen LogP contribution in [0.4, 0.5) is 0 Å². The van der Waals surface area contributed by atoms with Gasteiger partial charge in [0.1, 0.15) is 0 Å². The van der Waals surface area contributed by atoms with E-state index >= 15 is 0 Å². The monoisotopic (exact) mass is 299 g/mol. The molecule has 0 bridgehead atoms. The van der Waals surface area contributed by atoms with Crippen molar-refractivity contribution < 1.29 is 38.0 Å². The van der Waals surface area contributed by atoms with Crippen molar-refractivity contribution in [3.05, 3.63) is 12.2 Å². The second-order valence-electron chi connectivity index (χ2n) is 3.42. The van der Waals surface area contributed by atoms with E-state index in [2.05, 4.69) is 4.74 Å². The Hall–Kier alpha value is -0.100. The van der Waals surface area contributed by atoms with E-state index in [4.69, 9.17) is 0 Å². The molecule has 0 saturated carbocycles. The molecule has 0 amide bonds. The first-order valence-electron chi connectivity index (χ1n) is 4.02. The van der Waals surface area contributed by atoms with Crippen LogP contribution in [0.5, 0.6) is 0 Å². The summed E-state index contributed by atoms with van der Waals surface area (Å²) in [6, 6.07) is 0. The smallest absolute Gasteiger partial charge is 0.361 e. The largest absolute Gasteiger partial charge is 1.00 e. The van der Waals surface area contributed by atoms with E-state index in [-0.39, 0.29) is 29.9 Å². The van der Waals surface area contributed by atoms with E-state index < -0.39 is 0 Å². The molecule has 0 aliphatic rings. The quantitative estimate of drug-likeness (QED) is 0.255. The van der Waals surface area contributed by atoms with Crippen LogP contribution in [0, 0.1) is 0 Å². The number of carbonyl (C=O) groups excluding carboxylic acids is 1. The third-order valence-corrected chi connectivity index (χ3v) is 1.62. The van der Waals surface area contributed by atoms with E-state index in [1.54, 1.807) is 0 Å². The van der Waals surface area contributed by atoms with Crippen molar-refractivity contribution in [1.29, 1.82) is 0 Å². The summed E-state index contributed by atoms with van der Waals surface area (Å²) in [4.78, 5) is 10.9. The van der Waals surface area contributed by atoms with Gasteiger partial charge in [-0.1, -0.05) is 6.08 Å². The van der Waals surface area contributed by atoms with Gasteiger partial charge in [0.15, 0.2) is 6.54 Å². The minimum atomic E-state index is -0.162. The van der Waals surface area contributed by atoms with Crippen molar-refractivity contribution in [3.63, 3.8) is 0 Å². The molecule has 0 radical (unpaired) electrons. The number of quaternary nitrogens is 1. The maximum Gasteiger partial charge on any atom is 0.361 e. The van der Waals surface area contributed by atoms with Crippen molar-refractivity contribution in [2.24, 2.45) is 0 Å². The fraction of sp³-hybridized carbons (Fsp3) is 0.667. The molecule has 0 fully saturated rings. The molecule has 0 aliphatic heterocycles. The topological polar surface area (TPSA) is 26.3 Å². The van der Waals surface area contributed by atoms with Crippen LogP contribution in [0.2, 0.25) is 0 Å². The molecule has 0 atom stereocenters. The molecule has 0 spiro atoms. The summed E-state index contributed by atoms with van der Waals surface area (Å²) < 4.78 is 5.22. The molecular formula is C9H18INO2. The zero-order chi connectivity index (χ0) is 9.61. The SMILES string of the molecule is C/C=C/C[N+](C)(C)CC(=O)OC.[I-]. The summed E-state index contributed by atoms with van der Waals surface area (Å²) in [6.45, 7) is 3.24. The highest BCUT2D eigenvalue weighted by Gasteiger charge is 2.18. The summed E-state index contributed by atoms with van der Waals surface area (Å²) in [5, 5.41) is 0. The van der Waals surface area contributed by atoms with Gasteiger partial charge in [0.05, 0.1) is 27.7 Å². The van der Waals surface area contributed by atoms with E-state index in [1.165, 1.54) is 7.11 Å². The third kappa shape index (κ3) is 8.24. The fourth-order valence-electron chi connectivity index (χ4n) is 0.869. The molecule has 4 heteroatoms. The molecule has 0 aliphatic carbocycles. The molecular weight excluding hydrogens is 281 g/mol. The van der Waals surface area contributed by atoms with Crippen molar-refractivity contribution in [2.45, 2.75) is 6.92 Å². The lowest BCUT2D eigenvalue weighted by Gasteiger charge is -2.26. The predicted octanol–water partition coefficient (Wildman–Crippen LogP) is -2.18. The van der Waals surface area contributed by atoms with Gasteiger partial charge in [0, 0.05) is 0 Å². The number of halogens is 1. The van der Waals surface area contributed by atoms with Gasteiger partial charge in [-0.15, -0.1) is 0 Å². The van der Waals surface area contributed by atoms with Crippen LogP contribution < -0.4 is 24.0 Å². The van der Waals surface area contributed by atoms with Gasteiger partial charge in [0.2, 0.25) is 0 Å². The number of ether oxygens (including phenoxy) is 1. The minimum Gasteiger partial charge on any atom is -1.00 e. The Kier molecular flexibility index (Phi) is 8.65. The van der Waals surface area contributed by atoms with Gasteiger partial charge in [-0.3, -0.25) is 0 Å². The van der Waals surface area contributed by atoms with Gasteiger partial charge in [0.25, 0.3) is 0 Å². The first-order valence-corrected chi connectivity index (χ1v) is 4.02. The van der Waals surface area contributed by atoms with Crippen molar-refractivity contribution in [2.75, 3.05) is 34.3 Å². The number of nitrogens with zero attached hydrogens (tertiary/aromatic N) is 1. The molecule has 0 heterocycles. The number of allylic oxidation sites excluding steroid dienone is 1. The highest BCUT2D eigenvalue weighted by atomic mass is 127. The van der Waals surface area contributed by atoms with Crippen LogP contribution in [-0.2, 0) is 9.53 Å². The van der Waals surface area contributed by atoms with E-state index in [0.29, 0.717) is 11.0 Å². The molecule has 0 aromatic carbocycles. The first kappa shape index (κ1) is 15.4. The molecule has 13 heavy (non-hydrogen) atoms. The lowest BCUT2D eigenvalue weighted by molar-refractivity contribution is -0.877. The lowest BCUT2D eigenvalue weighted by Crippen LogP contribution is -3.00. The number of esters is 1. The average Bonchev–Trinajstić information content (AvgIpc) is 2.00. The Balaban J connectivity index is 0. The summed E-state index contributed by atoms with van der Waals surface area (Å²) in [5.74, 6) is -0.162. The summed E-state index contributed by atoms with van der Waals surface area (Å²) >= 11 is 0. The maximum absolute atomic E-state index is 10.9. The number of hydrogen-bond donors (Lipinski definition) is 0. The van der Waals surface area contributed by atoms with Crippen LogP contribution in [-0.4, -0.2) is 44.7 Å². The van der Waals surface area contributed by atoms with Crippen LogP contribution in [0.15, 0.2) is 12.2 Å². The normalized spacial score (nSPS) is 11.1. The number of hydrogen-bond acceptors (Lipinski definition) is 2. The maximum atomic E-state index is 10.9. The summed E-state index contributed by atoms with van der Waals surface area (Å²) in [7, 11) is 5.41. The molecule has 0 saturated heterocycles. The first-order chi connectivity index (χ1) is 5.52. The predicted molar refractivity (Wildman–Crippen MR) is 48.7 cm³/mol. The van der Waals surface area contributed by atoms with E-state index in [9.17, 15) is 4.79 Å². The third-order valence-electron chi connectivity index (χ3n) is 1.62. The Labute approximate surface area is 97.4 Å². The van der Waals surface area contributed by atoms with E-state index in [0.717, 1.165) is 6.54 Å². The molecule has 0 unspecified atom stereocenters. The van der Waals surface area contributed by atoms with Crippen molar-refractivity contribution >= 4 is 5.97 Å². The van der Waals surface area contributed by atoms with Crippen molar-refractivity contribution in [1.82, 2.24) is 0 Å². The second-order valence-corrected chi connectivity index (χ2v) is 3.42. The molecule has 0 aromatic rings. The minimum absolute atomic E-state index is 0. The Morgan fingerprint density at radius 1 is 1.46 bits per heavy atom. The number of methoxy groups -OCH3 is 1. The molecule has 0 aromatic heterocycles. The Morgan fingerprint density at radius 3 is 2.38 bits per heavy atom. The zero-order valence-corrected chi connectivity index (χ0v) is 10.9. The Morgan fingerprint density at radius 2 is 2.00 bits per heavy atom. The molecule has 0 N–H and O–H groups in total. The highest BCUT2D eigenvalue weighted by Crippen LogP contribution is 1.97. The number of likely N-dealkylation sites (N-methyl/N-ethyl adjacent to an activating group) is 1. The van der Waals surface area contributed by atoms with Gasteiger partial charge < -0.3 is 33.2 Å². The molecule has 3 nitrogen and oxygen atoms in total. The summed E-state index contributed by atoms with van der Waals surface area (Å²) in [5.41, 5.74) is 0. The van der Waals surface area contributed by atoms with Gasteiger partial charge in [-0.25, -0.2) is 4.79 Å². The second kappa shape index (κ2) is 7.32. The number of carbonyl (C=O) groups is 1. The number of rotatable bonds is 4. The zero-order valence-electron chi connectivity index (χ0n) is 8.71. The average molecular weight is 299 g/mol. The van der Waals surface area contributed by atoms with Gasteiger partial charge in [-0.05, 0) is 13.0 Å². The van der Waals surface area contributed by atoms with Crippen LogP contribution >= 0.6 is 0 Å². The van der Waals surface area contributed by atoms with Gasteiger partial charge >= 0.3 is 5.97 Å². The van der Waals surface area contributed by atoms with Crippen LogP contribution in [0.25, 0.3) is 0 Å². The molecule has 0 rings (SSSR count).